The van der Waals surface area contributed by atoms with Gasteiger partial charge in [-0.15, -0.1) is 0 Å². The Bertz CT molecular complexity index is 1250. The first kappa shape index (κ1) is 22.6. The first-order chi connectivity index (χ1) is 15.9. The minimum absolute atomic E-state index is 0.0413. The lowest BCUT2D eigenvalue weighted by atomic mass is 9.85. The predicted octanol–water partition coefficient (Wildman–Crippen LogP) is 3.76. The summed E-state index contributed by atoms with van der Waals surface area (Å²) in [4.78, 5) is 6.52. The zero-order valence-electron chi connectivity index (χ0n) is 18.7. The van der Waals surface area contributed by atoms with E-state index in [9.17, 15) is 8.42 Å². The number of likely N-dealkylation sites (tertiary alicyclic amines) is 1. The molecule has 1 N–H and O–H groups in total. The van der Waals surface area contributed by atoms with Crippen LogP contribution in [0.15, 0.2) is 60.0 Å². The Morgan fingerprint density at radius 2 is 2.00 bits per heavy atom. The van der Waals surface area contributed by atoms with Crippen LogP contribution >= 0.6 is 11.6 Å². The van der Waals surface area contributed by atoms with E-state index in [1.54, 1.807) is 11.6 Å². The van der Waals surface area contributed by atoms with E-state index in [0.717, 1.165) is 30.0 Å². The summed E-state index contributed by atoms with van der Waals surface area (Å²) in [6.07, 6.45) is 6.29. The highest BCUT2D eigenvalue weighted by molar-refractivity contribution is 7.89. The Labute approximate surface area is 200 Å². The van der Waals surface area contributed by atoms with Gasteiger partial charge in [-0.3, -0.25) is 0 Å². The van der Waals surface area contributed by atoms with Crippen molar-refractivity contribution in [3.05, 3.63) is 82.3 Å². The highest BCUT2D eigenvalue weighted by Gasteiger charge is 2.34. The third-order valence-corrected chi connectivity index (χ3v) is 8.39. The van der Waals surface area contributed by atoms with Gasteiger partial charge in [0.05, 0.1) is 6.33 Å². The molecule has 5 rings (SSSR count). The molecule has 2 aliphatic rings. The van der Waals surface area contributed by atoms with Crippen molar-refractivity contribution in [2.75, 3.05) is 19.6 Å². The minimum Gasteiger partial charge on any atom is -0.339 e. The van der Waals surface area contributed by atoms with Crippen LogP contribution in [0.2, 0.25) is 5.02 Å². The number of rotatable bonds is 8. The van der Waals surface area contributed by atoms with Crippen LogP contribution in [0.4, 0.5) is 0 Å². The normalized spacial score (nSPS) is 20.5. The first-order valence-electron chi connectivity index (χ1n) is 11.4. The van der Waals surface area contributed by atoms with Gasteiger partial charge in [0.1, 0.15) is 0 Å². The molecule has 1 aliphatic heterocycles. The average molecular weight is 485 g/mol. The van der Waals surface area contributed by atoms with Gasteiger partial charge in [-0.05, 0) is 78.6 Å². The smallest absolute Gasteiger partial charge is 0.259 e. The number of benzene rings is 2. The molecule has 0 bridgehead atoms. The lowest BCUT2D eigenvalue weighted by Gasteiger charge is -2.35. The summed E-state index contributed by atoms with van der Waals surface area (Å²) in [7, 11) is -1.89. The van der Waals surface area contributed by atoms with Crippen LogP contribution < -0.4 is 4.72 Å². The molecule has 2 aromatic carbocycles. The van der Waals surface area contributed by atoms with Crippen molar-refractivity contribution in [3.63, 3.8) is 0 Å². The zero-order valence-corrected chi connectivity index (χ0v) is 20.3. The van der Waals surface area contributed by atoms with Gasteiger partial charge >= 0.3 is 0 Å². The van der Waals surface area contributed by atoms with Crippen LogP contribution in [0.25, 0.3) is 0 Å². The summed E-state index contributed by atoms with van der Waals surface area (Å²) >= 11 is 6.26. The molecule has 2 unspecified atom stereocenters. The van der Waals surface area contributed by atoms with Crippen molar-refractivity contribution in [3.8, 4) is 0 Å². The van der Waals surface area contributed by atoms with Gasteiger partial charge in [-0.1, -0.05) is 41.9 Å². The highest BCUT2D eigenvalue weighted by atomic mass is 35.5. The fraction of sp³-hybridized carbons (Fsp3) is 0.400. The van der Waals surface area contributed by atoms with Crippen LogP contribution in [0, 0.1) is 5.92 Å². The monoisotopic (exact) mass is 484 g/mol. The van der Waals surface area contributed by atoms with Crippen LogP contribution in [0.3, 0.4) is 0 Å². The maximum atomic E-state index is 12.6. The molecule has 0 amide bonds. The standard InChI is InChI=1S/C25H29ClN4O2S/c1-29-16-25(27-17-29)33(31,32)28-14-19-6-7-20-13-21(15-30-8-3-9-30)24(23(20)12-19)11-18-4-2-5-22(26)10-18/h2,4-7,10,12,16-17,21,24,28H,3,8-9,11,13-15H2,1H3. The van der Waals surface area contributed by atoms with Crippen LogP contribution in [-0.4, -0.2) is 42.5 Å². The highest BCUT2D eigenvalue weighted by Crippen LogP contribution is 2.41. The molecule has 0 saturated carbocycles. The molecule has 174 valence electrons. The Hall–Kier alpha value is -2.19. The number of imidazole rings is 1. The molecule has 0 radical (unpaired) electrons. The number of hydrogen-bond donors (Lipinski definition) is 1. The quantitative estimate of drug-likeness (QED) is 0.528. The summed E-state index contributed by atoms with van der Waals surface area (Å²) in [5.41, 5.74) is 4.93. The minimum atomic E-state index is -3.64. The third kappa shape index (κ3) is 5.01. The second-order valence-electron chi connectivity index (χ2n) is 9.29. The van der Waals surface area contributed by atoms with Gasteiger partial charge in [0.15, 0.2) is 5.03 Å². The number of nitrogens with one attached hydrogen (secondary N) is 1. The summed E-state index contributed by atoms with van der Waals surface area (Å²) in [5.74, 6) is 0.950. The largest absolute Gasteiger partial charge is 0.339 e. The van der Waals surface area contributed by atoms with E-state index in [0.29, 0.717) is 11.8 Å². The number of aryl methyl sites for hydroxylation is 1. The van der Waals surface area contributed by atoms with E-state index in [-0.39, 0.29) is 11.6 Å². The summed E-state index contributed by atoms with van der Waals surface area (Å²) < 4.78 is 29.5. The topological polar surface area (TPSA) is 67.2 Å². The number of nitrogens with zero attached hydrogens (tertiary/aromatic N) is 3. The molecule has 6 nitrogen and oxygen atoms in total. The van der Waals surface area contributed by atoms with Gasteiger partial charge < -0.3 is 9.47 Å². The molecular formula is C25H29ClN4O2S. The van der Waals surface area contributed by atoms with Crippen LogP contribution in [0.5, 0.6) is 0 Å². The lowest BCUT2D eigenvalue weighted by molar-refractivity contribution is 0.145. The van der Waals surface area contributed by atoms with E-state index >= 15 is 0 Å². The van der Waals surface area contributed by atoms with Crippen molar-refractivity contribution < 1.29 is 8.42 Å². The second kappa shape index (κ2) is 9.22. The molecule has 3 aromatic rings. The van der Waals surface area contributed by atoms with Gasteiger partial charge in [-0.25, -0.2) is 18.1 Å². The Morgan fingerprint density at radius 3 is 2.70 bits per heavy atom. The maximum absolute atomic E-state index is 12.6. The van der Waals surface area contributed by atoms with Crippen molar-refractivity contribution >= 4 is 21.6 Å². The second-order valence-corrected chi connectivity index (χ2v) is 11.4. The van der Waals surface area contributed by atoms with Gasteiger partial charge in [0.25, 0.3) is 10.0 Å². The first-order valence-corrected chi connectivity index (χ1v) is 13.3. The Kier molecular flexibility index (Phi) is 6.31. The van der Waals surface area contributed by atoms with Crippen LogP contribution in [0.1, 0.15) is 34.6 Å². The fourth-order valence-corrected chi connectivity index (χ4v) is 6.23. The number of halogens is 1. The molecule has 33 heavy (non-hydrogen) atoms. The van der Waals surface area contributed by atoms with Gasteiger partial charge in [-0.2, -0.15) is 0 Å². The van der Waals surface area contributed by atoms with E-state index < -0.39 is 10.0 Å². The summed E-state index contributed by atoms with van der Waals surface area (Å²) in [6, 6.07) is 14.6. The average Bonchev–Trinajstić information content (AvgIpc) is 3.34. The van der Waals surface area contributed by atoms with Crippen molar-refractivity contribution in [2.24, 2.45) is 13.0 Å². The van der Waals surface area contributed by atoms with E-state index in [2.05, 4.69) is 38.9 Å². The molecule has 8 heteroatoms. The van der Waals surface area contributed by atoms with Gasteiger partial charge in [0, 0.05) is 31.4 Å². The fourth-order valence-electron chi connectivity index (χ4n) is 5.03. The molecular weight excluding hydrogens is 456 g/mol. The third-order valence-electron chi connectivity index (χ3n) is 6.87. The summed E-state index contributed by atoms with van der Waals surface area (Å²) in [6.45, 7) is 3.74. The number of hydrogen-bond acceptors (Lipinski definition) is 4. The Balaban J connectivity index is 1.37. The van der Waals surface area contributed by atoms with Crippen molar-refractivity contribution in [2.45, 2.75) is 36.8 Å². The summed E-state index contributed by atoms with van der Waals surface area (Å²) in [5, 5.41) is 0.808. The predicted molar refractivity (Wildman–Crippen MR) is 130 cm³/mol. The van der Waals surface area contributed by atoms with E-state index in [4.69, 9.17) is 11.6 Å². The molecule has 2 heterocycles. The van der Waals surface area contributed by atoms with Gasteiger partial charge in [0.2, 0.25) is 0 Å². The SMILES string of the molecule is Cn1cnc(S(=O)(=O)NCc2ccc3c(c2)C(Cc2cccc(Cl)c2)C(CN2CCC2)C3)c1. The molecule has 1 saturated heterocycles. The molecule has 0 spiro atoms. The van der Waals surface area contributed by atoms with E-state index in [1.165, 1.54) is 48.7 Å². The molecule has 1 fully saturated rings. The lowest BCUT2D eigenvalue weighted by Crippen LogP contribution is -2.41. The zero-order chi connectivity index (χ0) is 23.0. The number of aromatic nitrogens is 2. The maximum Gasteiger partial charge on any atom is 0.259 e. The van der Waals surface area contributed by atoms with E-state index in [1.807, 2.05) is 18.2 Å². The number of fused-ring (bicyclic) bond motifs is 1. The van der Waals surface area contributed by atoms with Crippen molar-refractivity contribution in [1.82, 2.24) is 19.2 Å². The molecule has 2 atom stereocenters. The Morgan fingerprint density at radius 1 is 1.15 bits per heavy atom. The molecule has 1 aromatic heterocycles. The van der Waals surface area contributed by atoms with Crippen molar-refractivity contribution in [1.29, 1.82) is 0 Å². The number of sulfonamides is 1. The van der Waals surface area contributed by atoms with Crippen LogP contribution in [-0.2, 0) is 36.5 Å². The molecule has 1 aliphatic carbocycles.